The molecule has 0 aromatic heterocycles. The van der Waals surface area contributed by atoms with Crippen LogP contribution in [0.4, 0.5) is 0 Å². The largest absolute Gasteiger partial charge is 0.497 e. The highest BCUT2D eigenvalue weighted by atomic mass is 16.5. The summed E-state index contributed by atoms with van der Waals surface area (Å²) < 4.78 is 21.6. The summed E-state index contributed by atoms with van der Waals surface area (Å²) in [5.41, 5.74) is 5.86. The van der Waals surface area contributed by atoms with Gasteiger partial charge in [-0.3, -0.25) is 14.4 Å². The third-order valence-electron chi connectivity index (χ3n) is 4.77. The molecule has 0 radical (unpaired) electrons. The number of fused-ring (bicyclic) bond motifs is 1. The number of methoxy groups -OCH3 is 2. The number of nitrogens with two attached hydrogens (primary N) is 1. The second-order valence-electron chi connectivity index (χ2n) is 7.12. The number of Topliss-reactive ketones (excluding diaryl/α,β-unsaturated/α-hetero) is 1. The predicted octanol–water partition coefficient (Wildman–Crippen LogP) is 1.14. The van der Waals surface area contributed by atoms with Crippen LogP contribution in [0.2, 0.25) is 0 Å². The maximum Gasteiger partial charge on any atom is 0.326 e. The van der Waals surface area contributed by atoms with Crippen LogP contribution >= 0.6 is 0 Å². The number of aliphatic carboxylic acids is 1. The van der Waals surface area contributed by atoms with E-state index in [0.29, 0.717) is 22.6 Å². The highest BCUT2D eigenvalue weighted by Gasteiger charge is 2.28. The van der Waals surface area contributed by atoms with Gasteiger partial charge in [-0.15, -0.1) is 0 Å². The first-order chi connectivity index (χ1) is 16.2. The van der Waals surface area contributed by atoms with E-state index >= 15 is 0 Å². The van der Waals surface area contributed by atoms with Crippen molar-refractivity contribution in [2.24, 2.45) is 5.73 Å². The molecule has 3 rings (SSSR count). The van der Waals surface area contributed by atoms with E-state index in [9.17, 15) is 19.2 Å². The third-order valence-corrected chi connectivity index (χ3v) is 4.77. The van der Waals surface area contributed by atoms with E-state index in [-0.39, 0.29) is 23.0 Å². The molecule has 2 amide bonds. The summed E-state index contributed by atoms with van der Waals surface area (Å²) in [6, 6.07) is 8.05. The van der Waals surface area contributed by atoms with E-state index in [1.54, 1.807) is 18.2 Å². The Morgan fingerprint density at radius 3 is 2.50 bits per heavy atom. The standard InChI is InChI=1S/C23H22N2O9/c1-31-13-4-6-17(32-2)12(7-13)8-19-22(28)15-5-3-14(9-18(15)34-19)33-11-21(27)25-16(23(29)30)10-20(24)26/h3-9,16H,10-11H2,1-2H3,(H2,24,26)(H,25,27)(H,29,30)/t16-/m1/s1. The first-order valence-corrected chi connectivity index (χ1v) is 9.95. The van der Waals surface area contributed by atoms with Gasteiger partial charge in [0.15, 0.2) is 12.4 Å². The summed E-state index contributed by atoms with van der Waals surface area (Å²) >= 11 is 0. The highest BCUT2D eigenvalue weighted by molar-refractivity contribution is 6.14. The number of rotatable bonds is 10. The lowest BCUT2D eigenvalue weighted by molar-refractivity contribution is -0.143. The number of carbonyl (C=O) groups is 4. The molecule has 11 heteroatoms. The molecule has 1 aliphatic rings. The van der Waals surface area contributed by atoms with E-state index in [1.165, 1.54) is 38.5 Å². The lowest BCUT2D eigenvalue weighted by atomic mass is 10.1. The van der Waals surface area contributed by atoms with Gasteiger partial charge < -0.3 is 35.1 Å². The van der Waals surface area contributed by atoms with Crippen LogP contribution in [0.3, 0.4) is 0 Å². The van der Waals surface area contributed by atoms with Crippen LogP contribution in [-0.4, -0.2) is 55.5 Å². The number of carboxylic acid groups (broad SMARTS) is 1. The minimum atomic E-state index is -1.46. The lowest BCUT2D eigenvalue weighted by Crippen LogP contribution is -2.45. The second-order valence-corrected chi connectivity index (χ2v) is 7.12. The van der Waals surface area contributed by atoms with E-state index in [2.05, 4.69) is 5.32 Å². The van der Waals surface area contributed by atoms with Crippen molar-refractivity contribution in [3.05, 3.63) is 53.3 Å². The molecule has 178 valence electrons. The molecule has 34 heavy (non-hydrogen) atoms. The zero-order chi connectivity index (χ0) is 24.8. The number of ether oxygens (including phenoxy) is 4. The minimum Gasteiger partial charge on any atom is -0.497 e. The molecule has 0 fully saturated rings. The number of amides is 2. The number of primary amides is 1. The zero-order valence-corrected chi connectivity index (χ0v) is 18.3. The third kappa shape index (κ3) is 5.63. The van der Waals surface area contributed by atoms with Gasteiger partial charge in [-0.25, -0.2) is 4.79 Å². The quantitative estimate of drug-likeness (QED) is 0.432. The fourth-order valence-electron chi connectivity index (χ4n) is 3.14. The van der Waals surface area contributed by atoms with E-state index in [1.807, 2.05) is 0 Å². The zero-order valence-electron chi connectivity index (χ0n) is 18.3. The average molecular weight is 470 g/mol. The maximum absolute atomic E-state index is 12.7. The minimum absolute atomic E-state index is 0.0622. The maximum atomic E-state index is 12.7. The Morgan fingerprint density at radius 1 is 1.12 bits per heavy atom. The molecule has 1 atom stereocenters. The lowest BCUT2D eigenvalue weighted by Gasteiger charge is -2.13. The van der Waals surface area contributed by atoms with Gasteiger partial charge in [0.1, 0.15) is 29.0 Å². The van der Waals surface area contributed by atoms with Gasteiger partial charge in [-0.05, 0) is 36.4 Å². The van der Waals surface area contributed by atoms with Crippen molar-refractivity contribution in [1.29, 1.82) is 0 Å². The van der Waals surface area contributed by atoms with Crippen LogP contribution in [0, 0.1) is 0 Å². The fourth-order valence-corrected chi connectivity index (χ4v) is 3.14. The molecule has 0 spiro atoms. The van der Waals surface area contributed by atoms with Gasteiger partial charge in [0.2, 0.25) is 11.7 Å². The van der Waals surface area contributed by atoms with Gasteiger partial charge in [0.25, 0.3) is 5.91 Å². The summed E-state index contributed by atoms with van der Waals surface area (Å²) in [7, 11) is 3.02. The summed E-state index contributed by atoms with van der Waals surface area (Å²) in [6.07, 6.45) is 0.978. The average Bonchev–Trinajstić information content (AvgIpc) is 3.11. The van der Waals surface area contributed by atoms with Crippen molar-refractivity contribution < 1.29 is 43.2 Å². The molecule has 1 heterocycles. The Morgan fingerprint density at radius 2 is 1.85 bits per heavy atom. The summed E-state index contributed by atoms with van der Waals surface area (Å²) in [5.74, 6) is -1.79. The highest BCUT2D eigenvalue weighted by Crippen LogP contribution is 2.36. The normalized spacial score (nSPS) is 14.1. The van der Waals surface area contributed by atoms with Crippen molar-refractivity contribution in [1.82, 2.24) is 5.32 Å². The molecular formula is C23H22N2O9. The van der Waals surface area contributed by atoms with Crippen LogP contribution in [0.25, 0.3) is 6.08 Å². The summed E-state index contributed by atoms with van der Waals surface area (Å²) in [4.78, 5) is 46.8. The van der Waals surface area contributed by atoms with Gasteiger partial charge >= 0.3 is 5.97 Å². The molecule has 0 unspecified atom stereocenters. The molecule has 2 aromatic rings. The Bertz CT molecular complexity index is 1170. The molecular weight excluding hydrogens is 448 g/mol. The van der Waals surface area contributed by atoms with E-state index < -0.39 is 36.9 Å². The Kier molecular flexibility index (Phi) is 7.36. The topological polar surface area (TPSA) is 163 Å². The van der Waals surface area contributed by atoms with E-state index in [0.717, 1.165) is 0 Å². The number of allylic oxidation sites excluding steroid dienone is 1. The molecule has 0 bridgehead atoms. The number of ketones is 1. The summed E-state index contributed by atoms with van der Waals surface area (Å²) in [6.45, 7) is -0.529. The smallest absolute Gasteiger partial charge is 0.326 e. The van der Waals surface area contributed by atoms with Crippen LogP contribution in [0.5, 0.6) is 23.0 Å². The van der Waals surface area contributed by atoms with Crippen LogP contribution < -0.4 is 30.0 Å². The Labute approximate surface area is 194 Å². The van der Waals surface area contributed by atoms with Crippen molar-refractivity contribution in [3.8, 4) is 23.0 Å². The second kappa shape index (κ2) is 10.4. The Hall–Kier alpha value is -4.54. The number of hydrogen-bond donors (Lipinski definition) is 3. The van der Waals surface area contributed by atoms with Gasteiger partial charge in [0.05, 0.1) is 26.2 Å². The van der Waals surface area contributed by atoms with Crippen LogP contribution in [0.1, 0.15) is 22.3 Å². The number of hydrogen-bond acceptors (Lipinski definition) is 8. The van der Waals surface area contributed by atoms with Crippen molar-refractivity contribution in [2.45, 2.75) is 12.5 Å². The van der Waals surface area contributed by atoms with E-state index in [4.69, 9.17) is 29.8 Å². The first-order valence-electron chi connectivity index (χ1n) is 9.95. The Balaban J connectivity index is 1.70. The predicted molar refractivity (Wildman–Crippen MR) is 118 cm³/mol. The first kappa shape index (κ1) is 24.1. The number of benzene rings is 2. The molecule has 2 aromatic carbocycles. The van der Waals surface area contributed by atoms with Gasteiger partial charge in [-0.2, -0.15) is 0 Å². The molecule has 4 N–H and O–H groups in total. The SMILES string of the molecule is COc1ccc(OC)c(C=C2Oc3cc(OCC(=O)N[C@H](CC(N)=O)C(=O)O)ccc3C2=O)c1. The molecule has 0 aliphatic carbocycles. The van der Waals surface area contributed by atoms with Gasteiger partial charge in [-0.1, -0.05) is 0 Å². The molecule has 1 aliphatic heterocycles. The number of carbonyl (C=O) groups excluding carboxylic acids is 3. The molecule has 11 nitrogen and oxygen atoms in total. The summed E-state index contributed by atoms with van der Waals surface area (Å²) in [5, 5.41) is 11.2. The van der Waals surface area contributed by atoms with Crippen molar-refractivity contribution >= 4 is 29.6 Å². The fraction of sp³-hybridized carbons (Fsp3) is 0.217. The van der Waals surface area contributed by atoms with Crippen LogP contribution in [-0.2, 0) is 14.4 Å². The van der Waals surface area contributed by atoms with Crippen molar-refractivity contribution in [3.63, 3.8) is 0 Å². The molecule has 0 saturated carbocycles. The van der Waals surface area contributed by atoms with Crippen LogP contribution in [0.15, 0.2) is 42.2 Å². The monoisotopic (exact) mass is 470 g/mol. The number of carboxylic acids is 1. The number of nitrogens with one attached hydrogen (secondary N) is 1. The van der Waals surface area contributed by atoms with Crippen molar-refractivity contribution in [2.75, 3.05) is 20.8 Å². The molecule has 0 saturated heterocycles. The van der Waals surface area contributed by atoms with Gasteiger partial charge in [0, 0.05) is 11.6 Å².